The molecule has 0 amide bonds. The number of rotatable bonds is 3. The van der Waals surface area contributed by atoms with Gasteiger partial charge in [-0.2, -0.15) is 0 Å². The van der Waals surface area contributed by atoms with Crippen molar-refractivity contribution in [3.63, 3.8) is 0 Å². The van der Waals surface area contributed by atoms with Gasteiger partial charge in [0.2, 0.25) is 5.88 Å². The van der Waals surface area contributed by atoms with Crippen LogP contribution in [-0.2, 0) is 10.6 Å². The zero-order chi connectivity index (χ0) is 12.3. The molecular formula is C13H18ClNO2. The van der Waals surface area contributed by atoms with Gasteiger partial charge in [0.15, 0.2) is 0 Å². The number of alkyl halides is 1. The normalized spacial score (nSPS) is 29.0. The summed E-state index contributed by atoms with van der Waals surface area (Å²) in [5.41, 5.74) is 1.01. The van der Waals surface area contributed by atoms with Crippen molar-refractivity contribution in [2.45, 2.75) is 50.9 Å². The van der Waals surface area contributed by atoms with E-state index in [1.807, 2.05) is 12.1 Å². The summed E-state index contributed by atoms with van der Waals surface area (Å²) in [7, 11) is 0. The van der Waals surface area contributed by atoms with Crippen molar-refractivity contribution in [3.8, 4) is 5.88 Å². The molecule has 1 aliphatic rings. The van der Waals surface area contributed by atoms with Gasteiger partial charge in [-0.1, -0.05) is 6.07 Å². The first-order chi connectivity index (χ1) is 8.17. The third kappa shape index (κ3) is 3.58. The van der Waals surface area contributed by atoms with Crippen LogP contribution < -0.4 is 4.74 Å². The molecule has 0 aromatic carbocycles. The van der Waals surface area contributed by atoms with Crippen LogP contribution in [0, 0.1) is 0 Å². The van der Waals surface area contributed by atoms with E-state index in [2.05, 4.69) is 18.8 Å². The maximum absolute atomic E-state index is 5.86. The highest BCUT2D eigenvalue weighted by atomic mass is 35.5. The van der Waals surface area contributed by atoms with Gasteiger partial charge in [0, 0.05) is 31.0 Å². The van der Waals surface area contributed by atoms with Gasteiger partial charge in [-0.3, -0.25) is 0 Å². The third-order valence-corrected chi connectivity index (χ3v) is 3.20. The Bertz CT molecular complexity index is 345. The van der Waals surface area contributed by atoms with Crippen molar-refractivity contribution in [3.05, 3.63) is 23.9 Å². The largest absolute Gasteiger partial charge is 0.474 e. The summed E-state index contributed by atoms with van der Waals surface area (Å²) in [6.45, 7) is 4.16. The summed E-state index contributed by atoms with van der Waals surface area (Å²) in [6.07, 6.45) is 4.31. The number of ether oxygens (including phenoxy) is 2. The predicted molar refractivity (Wildman–Crippen MR) is 67.5 cm³/mol. The first-order valence-corrected chi connectivity index (χ1v) is 6.54. The van der Waals surface area contributed by atoms with Crippen molar-refractivity contribution >= 4 is 11.6 Å². The quantitative estimate of drug-likeness (QED) is 0.778. The Balaban J connectivity index is 1.95. The average molecular weight is 256 g/mol. The lowest BCUT2D eigenvalue weighted by Crippen LogP contribution is -2.35. The lowest BCUT2D eigenvalue weighted by molar-refractivity contribution is -0.0729. The summed E-state index contributed by atoms with van der Waals surface area (Å²) < 4.78 is 11.5. The minimum atomic E-state index is 0.197. The molecule has 17 heavy (non-hydrogen) atoms. The Hall–Kier alpha value is -0.800. The molecule has 2 unspecified atom stereocenters. The van der Waals surface area contributed by atoms with Crippen molar-refractivity contribution in [1.82, 2.24) is 4.98 Å². The van der Waals surface area contributed by atoms with Crippen molar-refractivity contribution in [1.29, 1.82) is 0 Å². The first kappa shape index (κ1) is 12.7. The molecule has 0 spiro atoms. The number of nitrogens with zero attached hydrogens (tertiary/aromatic N) is 1. The molecule has 1 fully saturated rings. The lowest BCUT2D eigenvalue weighted by Gasteiger charge is -2.31. The van der Waals surface area contributed by atoms with Gasteiger partial charge in [-0.25, -0.2) is 4.98 Å². The van der Waals surface area contributed by atoms with E-state index in [1.54, 1.807) is 6.20 Å². The molecule has 3 nitrogen and oxygen atoms in total. The molecule has 4 heteroatoms. The summed E-state index contributed by atoms with van der Waals surface area (Å²) in [5, 5.41) is 0. The molecule has 0 bridgehead atoms. The minimum absolute atomic E-state index is 0.197. The summed E-state index contributed by atoms with van der Waals surface area (Å²) in [4.78, 5) is 4.25. The molecule has 1 aromatic heterocycles. The fourth-order valence-electron chi connectivity index (χ4n) is 2.17. The molecule has 1 aromatic rings. The Morgan fingerprint density at radius 2 is 2.06 bits per heavy atom. The van der Waals surface area contributed by atoms with Crippen LogP contribution in [0.2, 0.25) is 0 Å². The number of halogens is 1. The lowest BCUT2D eigenvalue weighted by atomic mass is 10.0. The summed E-state index contributed by atoms with van der Waals surface area (Å²) in [6, 6.07) is 3.82. The zero-order valence-electron chi connectivity index (χ0n) is 10.2. The molecule has 0 N–H and O–H groups in total. The maximum Gasteiger partial charge on any atom is 0.213 e. The predicted octanol–water partition coefficient (Wildman–Crippen LogP) is 3.16. The van der Waals surface area contributed by atoms with E-state index >= 15 is 0 Å². The van der Waals surface area contributed by atoms with Crippen LogP contribution in [0.5, 0.6) is 5.88 Å². The molecule has 94 valence electrons. The molecule has 0 radical (unpaired) electrons. The topological polar surface area (TPSA) is 31.4 Å². The average Bonchev–Trinajstić information content (AvgIpc) is 2.28. The summed E-state index contributed by atoms with van der Waals surface area (Å²) >= 11 is 5.71. The van der Waals surface area contributed by atoms with E-state index in [-0.39, 0.29) is 18.3 Å². The molecule has 1 saturated heterocycles. The number of hydrogen-bond donors (Lipinski definition) is 0. The smallest absolute Gasteiger partial charge is 0.213 e. The van der Waals surface area contributed by atoms with E-state index < -0.39 is 0 Å². The highest BCUT2D eigenvalue weighted by molar-refractivity contribution is 6.17. The second-order valence-electron chi connectivity index (χ2n) is 4.61. The van der Waals surface area contributed by atoms with E-state index in [0.717, 1.165) is 18.4 Å². The van der Waals surface area contributed by atoms with Crippen molar-refractivity contribution < 1.29 is 9.47 Å². The van der Waals surface area contributed by atoms with E-state index in [0.29, 0.717) is 11.8 Å². The Morgan fingerprint density at radius 1 is 1.35 bits per heavy atom. The van der Waals surface area contributed by atoms with Crippen LogP contribution in [0.1, 0.15) is 32.3 Å². The van der Waals surface area contributed by atoms with Gasteiger partial charge in [-0.05, 0) is 19.4 Å². The molecular weight excluding hydrogens is 238 g/mol. The van der Waals surface area contributed by atoms with E-state index in [9.17, 15) is 0 Å². The molecule has 2 rings (SSSR count). The molecule has 0 aliphatic carbocycles. The number of pyridine rings is 1. The fourth-order valence-corrected chi connectivity index (χ4v) is 2.33. The highest BCUT2D eigenvalue weighted by Gasteiger charge is 2.25. The van der Waals surface area contributed by atoms with Crippen LogP contribution in [0.25, 0.3) is 0 Å². The SMILES string of the molecule is CC1CC(Oc2ccc(CCl)cn2)CC(C)O1. The van der Waals surface area contributed by atoms with E-state index in [4.69, 9.17) is 21.1 Å². The Morgan fingerprint density at radius 3 is 2.59 bits per heavy atom. The fraction of sp³-hybridized carbons (Fsp3) is 0.615. The van der Waals surface area contributed by atoms with Gasteiger partial charge >= 0.3 is 0 Å². The first-order valence-electron chi connectivity index (χ1n) is 6.00. The second-order valence-corrected chi connectivity index (χ2v) is 4.87. The number of aromatic nitrogens is 1. The Kier molecular flexibility index (Phi) is 4.24. The zero-order valence-corrected chi connectivity index (χ0v) is 11.0. The van der Waals surface area contributed by atoms with Crippen LogP contribution in [0.3, 0.4) is 0 Å². The van der Waals surface area contributed by atoms with E-state index in [1.165, 1.54) is 0 Å². The standard InChI is InChI=1S/C13H18ClNO2/c1-9-5-12(6-10(2)16-9)17-13-4-3-11(7-14)8-15-13/h3-4,8-10,12H,5-7H2,1-2H3. The van der Waals surface area contributed by atoms with Crippen molar-refractivity contribution in [2.24, 2.45) is 0 Å². The summed E-state index contributed by atoms with van der Waals surface area (Å²) in [5.74, 6) is 1.16. The molecule has 2 atom stereocenters. The molecule has 1 aliphatic heterocycles. The van der Waals surface area contributed by atoms with Gasteiger partial charge < -0.3 is 9.47 Å². The van der Waals surface area contributed by atoms with Crippen LogP contribution in [-0.4, -0.2) is 23.3 Å². The van der Waals surface area contributed by atoms with Gasteiger partial charge in [0.25, 0.3) is 0 Å². The van der Waals surface area contributed by atoms with Gasteiger partial charge in [0.1, 0.15) is 6.10 Å². The number of hydrogen-bond acceptors (Lipinski definition) is 3. The third-order valence-electron chi connectivity index (χ3n) is 2.89. The Labute approximate surface area is 107 Å². The second kappa shape index (κ2) is 5.69. The monoisotopic (exact) mass is 255 g/mol. The van der Waals surface area contributed by atoms with Crippen molar-refractivity contribution in [2.75, 3.05) is 0 Å². The maximum atomic E-state index is 5.86. The highest BCUT2D eigenvalue weighted by Crippen LogP contribution is 2.23. The van der Waals surface area contributed by atoms with Crippen LogP contribution in [0.15, 0.2) is 18.3 Å². The van der Waals surface area contributed by atoms with Gasteiger partial charge in [-0.15, -0.1) is 11.6 Å². The molecule has 2 heterocycles. The van der Waals surface area contributed by atoms with Crippen LogP contribution in [0.4, 0.5) is 0 Å². The van der Waals surface area contributed by atoms with Crippen LogP contribution >= 0.6 is 11.6 Å². The minimum Gasteiger partial charge on any atom is -0.474 e. The van der Waals surface area contributed by atoms with Gasteiger partial charge in [0.05, 0.1) is 12.2 Å². The molecule has 0 saturated carbocycles.